The largest absolute Gasteiger partial charge is 0.462 e. The number of hydrogen-bond acceptors (Lipinski definition) is 6. The Morgan fingerprint density at radius 2 is 0.559 bits per heavy atom. The molecular formula is C53H100O6. The molecule has 0 aliphatic carbocycles. The zero-order valence-electron chi connectivity index (χ0n) is 39.8. The summed E-state index contributed by atoms with van der Waals surface area (Å²) in [5.74, 6) is -0.859. The third-order valence-corrected chi connectivity index (χ3v) is 11.8. The second kappa shape index (κ2) is 48.8. The Hall–Kier alpha value is -1.85. The molecule has 0 saturated carbocycles. The van der Waals surface area contributed by atoms with Crippen LogP contribution in [0.3, 0.4) is 0 Å². The van der Waals surface area contributed by atoms with Crippen molar-refractivity contribution in [3.8, 4) is 0 Å². The van der Waals surface area contributed by atoms with Crippen LogP contribution in [0, 0.1) is 0 Å². The first-order chi connectivity index (χ1) is 29.0. The van der Waals surface area contributed by atoms with Crippen LogP contribution in [0.25, 0.3) is 0 Å². The summed E-state index contributed by atoms with van der Waals surface area (Å²) in [4.78, 5) is 37.9. The molecule has 0 bridgehead atoms. The van der Waals surface area contributed by atoms with Crippen molar-refractivity contribution in [2.75, 3.05) is 13.2 Å². The van der Waals surface area contributed by atoms with Gasteiger partial charge in [-0.25, -0.2) is 0 Å². The number of hydrogen-bond donors (Lipinski definition) is 0. The molecule has 0 aliphatic heterocycles. The highest BCUT2D eigenvalue weighted by molar-refractivity contribution is 5.71. The summed E-state index contributed by atoms with van der Waals surface area (Å²) in [6, 6.07) is 0. The number of carbonyl (C=O) groups excluding carboxylic acids is 3. The molecule has 0 spiro atoms. The smallest absolute Gasteiger partial charge is 0.306 e. The highest BCUT2D eigenvalue weighted by Crippen LogP contribution is 2.16. The van der Waals surface area contributed by atoms with Crippen molar-refractivity contribution in [1.82, 2.24) is 0 Å². The van der Waals surface area contributed by atoms with E-state index in [-0.39, 0.29) is 31.1 Å². The Kier molecular flexibility index (Phi) is 47.3. The van der Waals surface area contributed by atoms with Gasteiger partial charge in [0.2, 0.25) is 0 Å². The molecule has 0 heterocycles. The van der Waals surface area contributed by atoms with E-state index in [0.29, 0.717) is 19.3 Å². The fourth-order valence-corrected chi connectivity index (χ4v) is 7.79. The first-order valence-electron chi connectivity index (χ1n) is 26.2. The second-order valence-electron chi connectivity index (χ2n) is 17.8. The molecule has 0 aromatic rings. The van der Waals surface area contributed by atoms with Gasteiger partial charge in [-0.15, -0.1) is 0 Å². The Bertz CT molecular complexity index is 916. The zero-order valence-corrected chi connectivity index (χ0v) is 39.8. The molecule has 0 aromatic carbocycles. The number of esters is 3. The summed E-state index contributed by atoms with van der Waals surface area (Å²) in [7, 11) is 0. The minimum absolute atomic E-state index is 0.0671. The molecule has 0 aliphatic rings. The lowest BCUT2D eigenvalue weighted by molar-refractivity contribution is -0.167. The quantitative estimate of drug-likeness (QED) is 0.0263. The molecule has 348 valence electrons. The Balaban J connectivity index is 4.33. The molecule has 0 saturated heterocycles. The van der Waals surface area contributed by atoms with Crippen LogP contribution >= 0.6 is 0 Å². The number of ether oxygens (including phenoxy) is 3. The summed E-state index contributed by atoms with van der Waals surface area (Å²) in [5, 5.41) is 0. The van der Waals surface area contributed by atoms with Crippen molar-refractivity contribution in [3.63, 3.8) is 0 Å². The molecule has 0 amide bonds. The van der Waals surface area contributed by atoms with E-state index in [0.717, 1.165) is 64.2 Å². The normalized spacial score (nSPS) is 12.0. The minimum Gasteiger partial charge on any atom is -0.462 e. The van der Waals surface area contributed by atoms with Crippen LogP contribution in [0.1, 0.15) is 290 Å². The van der Waals surface area contributed by atoms with Gasteiger partial charge in [0.1, 0.15) is 13.2 Å². The van der Waals surface area contributed by atoms with E-state index in [9.17, 15) is 14.4 Å². The molecule has 0 rings (SSSR count). The Morgan fingerprint density at radius 3 is 0.864 bits per heavy atom. The number of allylic oxidation sites excluding steroid dienone is 2. The van der Waals surface area contributed by atoms with E-state index in [1.165, 1.54) is 186 Å². The van der Waals surface area contributed by atoms with Crippen LogP contribution in [0.4, 0.5) is 0 Å². The summed E-state index contributed by atoms with van der Waals surface area (Å²) >= 11 is 0. The van der Waals surface area contributed by atoms with Crippen molar-refractivity contribution in [1.29, 1.82) is 0 Å². The fourth-order valence-electron chi connectivity index (χ4n) is 7.79. The monoisotopic (exact) mass is 833 g/mol. The molecule has 0 aromatic heterocycles. The summed E-state index contributed by atoms with van der Waals surface area (Å²) in [6.07, 6.45) is 53.3. The van der Waals surface area contributed by atoms with E-state index in [2.05, 4.69) is 32.9 Å². The van der Waals surface area contributed by atoms with Crippen molar-refractivity contribution >= 4 is 17.9 Å². The van der Waals surface area contributed by atoms with Crippen LogP contribution in [0.15, 0.2) is 12.2 Å². The summed E-state index contributed by atoms with van der Waals surface area (Å²) in [5.41, 5.74) is 0. The van der Waals surface area contributed by atoms with E-state index < -0.39 is 6.10 Å². The molecule has 0 fully saturated rings. The molecule has 6 heteroatoms. The molecular weight excluding hydrogens is 733 g/mol. The van der Waals surface area contributed by atoms with Crippen LogP contribution in [-0.2, 0) is 28.6 Å². The fraction of sp³-hybridized carbons (Fsp3) is 0.906. The lowest BCUT2D eigenvalue weighted by atomic mass is 10.0. The topological polar surface area (TPSA) is 78.9 Å². The SMILES string of the molecule is CCCCCC/C=C\CCCCCCCC(=O)OCC(COC(=O)CCCCCCCCCCCCCCCCC)OC(=O)CCCCCCCCCCCCCCC. The predicted octanol–water partition coefficient (Wildman–Crippen LogP) is 17.0. The maximum atomic E-state index is 12.8. The van der Waals surface area contributed by atoms with Crippen molar-refractivity contribution in [2.45, 2.75) is 297 Å². The Morgan fingerprint density at radius 1 is 0.322 bits per heavy atom. The van der Waals surface area contributed by atoms with Gasteiger partial charge in [0, 0.05) is 19.3 Å². The molecule has 1 unspecified atom stereocenters. The highest BCUT2D eigenvalue weighted by atomic mass is 16.6. The molecule has 6 nitrogen and oxygen atoms in total. The average Bonchev–Trinajstić information content (AvgIpc) is 3.23. The van der Waals surface area contributed by atoms with Gasteiger partial charge in [-0.05, 0) is 44.9 Å². The maximum absolute atomic E-state index is 12.8. The predicted molar refractivity (Wildman–Crippen MR) is 252 cm³/mol. The van der Waals surface area contributed by atoms with Gasteiger partial charge >= 0.3 is 17.9 Å². The van der Waals surface area contributed by atoms with Gasteiger partial charge < -0.3 is 14.2 Å². The zero-order chi connectivity index (χ0) is 43.0. The van der Waals surface area contributed by atoms with Gasteiger partial charge in [-0.1, -0.05) is 238 Å². The summed E-state index contributed by atoms with van der Waals surface area (Å²) in [6.45, 7) is 6.65. The van der Waals surface area contributed by atoms with Gasteiger partial charge in [0.05, 0.1) is 0 Å². The Labute approximate surface area is 367 Å². The maximum Gasteiger partial charge on any atom is 0.306 e. The first kappa shape index (κ1) is 57.1. The van der Waals surface area contributed by atoms with Gasteiger partial charge in [-0.3, -0.25) is 14.4 Å². The minimum atomic E-state index is -0.766. The second-order valence-corrected chi connectivity index (χ2v) is 17.8. The summed E-state index contributed by atoms with van der Waals surface area (Å²) < 4.78 is 16.8. The van der Waals surface area contributed by atoms with E-state index >= 15 is 0 Å². The molecule has 0 radical (unpaired) electrons. The third kappa shape index (κ3) is 47.1. The molecule has 1 atom stereocenters. The third-order valence-electron chi connectivity index (χ3n) is 11.8. The van der Waals surface area contributed by atoms with Gasteiger partial charge in [0.15, 0.2) is 6.10 Å². The van der Waals surface area contributed by atoms with Crippen LogP contribution < -0.4 is 0 Å². The number of carbonyl (C=O) groups is 3. The van der Waals surface area contributed by atoms with E-state index in [1.54, 1.807) is 0 Å². The van der Waals surface area contributed by atoms with E-state index in [1.807, 2.05) is 0 Å². The van der Waals surface area contributed by atoms with Crippen LogP contribution in [-0.4, -0.2) is 37.2 Å². The number of unbranched alkanes of at least 4 members (excludes halogenated alkanes) is 35. The molecule has 59 heavy (non-hydrogen) atoms. The van der Waals surface area contributed by atoms with Crippen molar-refractivity contribution in [3.05, 3.63) is 12.2 Å². The van der Waals surface area contributed by atoms with Gasteiger partial charge in [-0.2, -0.15) is 0 Å². The average molecular weight is 833 g/mol. The van der Waals surface area contributed by atoms with Gasteiger partial charge in [0.25, 0.3) is 0 Å². The molecule has 0 N–H and O–H groups in total. The highest BCUT2D eigenvalue weighted by Gasteiger charge is 2.19. The lowest BCUT2D eigenvalue weighted by Crippen LogP contribution is -2.30. The van der Waals surface area contributed by atoms with E-state index in [4.69, 9.17) is 14.2 Å². The number of rotatable bonds is 48. The standard InChI is InChI=1S/C53H100O6/c1-4-7-10-13-16-19-22-25-26-29-31-34-37-40-43-46-52(55)58-49-50(59-53(56)47-44-41-38-35-32-28-24-21-18-15-12-9-6-3)48-57-51(54)45-42-39-36-33-30-27-23-20-17-14-11-8-5-2/h20,23,50H,4-19,21-22,24-49H2,1-3H3/b23-20-. The first-order valence-corrected chi connectivity index (χ1v) is 26.2. The van der Waals surface area contributed by atoms with Crippen LogP contribution in [0.2, 0.25) is 0 Å². The van der Waals surface area contributed by atoms with Crippen molar-refractivity contribution in [2.24, 2.45) is 0 Å². The lowest BCUT2D eigenvalue weighted by Gasteiger charge is -2.18. The van der Waals surface area contributed by atoms with Crippen LogP contribution in [0.5, 0.6) is 0 Å². The van der Waals surface area contributed by atoms with Crippen molar-refractivity contribution < 1.29 is 28.6 Å².